The van der Waals surface area contributed by atoms with Gasteiger partial charge >= 0.3 is 0 Å². The molecule has 0 spiro atoms. The summed E-state index contributed by atoms with van der Waals surface area (Å²) in [5, 5.41) is 2.97. The van der Waals surface area contributed by atoms with Crippen LogP contribution in [0.1, 0.15) is 18.4 Å². The van der Waals surface area contributed by atoms with Gasteiger partial charge in [-0.1, -0.05) is 30.3 Å². The van der Waals surface area contributed by atoms with Crippen LogP contribution in [0.3, 0.4) is 0 Å². The van der Waals surface area contributed by atoms with Crippen LogP contribution in [0.5, 0.6) is 0 Å². The maximum Gasteiger partial charge on any atom is 0.251 e. The second-order valence-corrected chi connectivity index (χ2v) is 6.65. The monoisotopic (exact) mass is 360 g/mol. The normalized spacial score (nSPS) is 15.3. The molecular formula is C17H17BrN2O2. The molecule has 5 heteroatoms. The molecule has 22 heavy (non-hydrogen) atoms. The van der Waals surface area contributed by atoms with Gasteiger partial charge < -0.3 is 9.88 Å². The molecule has 0 aliphatic heterocycles. The number of rotatable bonds is 5. The van der Waals surface area contributed by atoms with E-state index in [0.29, 0.717) is 6.54 Å². The summed E-state index contributed by atoms with van der Waals surface area (Å²) in [6, 6.07) is 13.4. The minimum atomic E-state index is -0.178. The SMILES string of the molecule is O=C(Cn1cc(Br)ccc1=O)NCC1(c2ccccc2)CC1. The lowest BCUT2D eigenvalue weighted by atomic mass is 9.96. The number of aromatic nitrogens is 1. The Kier molecular flexibility index (Phi) is 4.16. The van der Waals surface area contributed by atoms with Crippen molar-refractivity contribution in [3.8, 4) is 0 Å². The van der Waals surface area contributed by atoms with Gasteiger partial charge in [0.15, 0.2) is 0 Å². The molecule has 0 saturated heterocycles. The summed E-state index contributed by atoms with van der Waals surface area (Å²) in [5.74, 6) is -0.137. The first-order valence-electron chi connectivity index (χ1n) is 7.27. The van der Waals surface area contributed by atoms with Crippen molar-refractivity contribution in [3.05, 3.63) is 69.1 Å². The molecule has 4 nitrogen and oxygen atoms in total. The highest BCUT2D eigenvalue weighted by molar-refractivity contribution is 9.10. The number of nitrogens with zero attached hydrogens (tertiary/aromatic N) is 1. The summed E-state index contributed by atoms with van der Waals surface area (Å²) >= 11 is 3.31. The second kappa shape index (κ2) is 6.08. The number of hydrogen-bond acceptors (Lipinski definition) is 2. The average molecular weight is 361 g/mol. The van der Waals surface area contributed by atoms with E-state index in [0.717, 1.165) is 17.3 Å². The van der Waals surface area contributed by atoms with E-state index in [2.05, 4.69) is 33.4 Å². The van der Waals surface area contributed by atoms with Crippen molar-refractivity contribution < 1.29 is 4.79 Å². The van der Waals surface area contributed by atoms with Crippen LogP contribution in [0.2, 0.25) is 0 Å². The molecule has 1 fully saturated rings. The number of carbonyl (C=O) groups is 1. The van der Waals surface area contributed by atoms with Gasteiger partial charge in [0.25, 0.3) is 5.56 Å². The lowest BCUT2D eigenvalue weighted by molar-refractivity contribution is -0.121. The third-order valence-corrected chi connectivity index (χ3v) is 4.59. The van der Waals surface area contributed by atoms with Crippen LogP contribution in [-0.4, -0.2) is 17.0 Å². The topological polar surface area (TPSA) is 51.1 Å². The van der Waals surface area contributed by atoms with Gasteiger partial charge in [-0.25, -0.2) is 0 Å². The molecule has 1 heterocycles. The Morgan fingerprint density at radius 2 is 1.91 bits per heavy atom. The maximum absolute atomic E-state index is 12.1. The first kappa shape index (κ1) is 15.0. The number of benzene rings is 1. The predicted molar refractivity (Wildman–Crippen MR) is 88.8 cm³/mol. The summed E-state index contributed by atoms with van der Waals surface area (Å²) in [5.41, 5.74) is 1.18. The Hall–Kier alpha value is -1.88. The van der Waals surface area contributed by atoms with Gasteiger partial charge in [-0.3, -0.25) is 9.59 Å². The van der Waals surface area contributed by atoms with Gasteiger partial charge in [0.1, 0.15) is 6.54 Å². The number of hydrogen-bond donors (Lipinski definition) is 1. The largest absolute Gasteiger partial charge is 0.354 e. The number of halogens is 1. The van der Waals surface area contributed by atoms with Crippen molar-refractivity contribution in [1.82, 2.24) is 9.88 Å². The van der Waals surface area contributed by atoms with Crippen LogP contribution in [0.4, 0.5) is 0 Å². The average Bonchev–Trinajstić information content (AvgIpc) is 3.31. The minimum absolute atomic E-state index is 0.0448. The van der Waals surface area contributed by atoms with Gasteiger partial charge in [-0.15, -0.1) is 0 Å². The highest BCUT2D eigenvalue weighted by Crippen LogP contribution is 2.47. The first-order valence-corrected chi connectivity index (χ1v) is 8.07. The van der Waals surface area contributed by atoms with Gasteiger partial charge in [0, 0.05) is 28.7 Å². The molecule has 1 N–H and O–H groups in total. The van der Waals surface area contributed by atoms with Crippen LogP contribution < -0.4 is 10.9 Å². The van der Waals surface area contributed by atoms with E-state index in [4.69, 9.17) is 0 Å². The van der Waals surface area contributed by atoms with Gasteiger partial charge in [0.2, 0.25) is 5.91 Å². The number of amides is 1. The van der Waals surface area contributed by atoms with Gasteiger partial charge in [0.05, 0.1) is 0 Å². The Morgan fingerprint density at radius 1 is 1.18 bits per heavy atom. The Balaban J connectivity index is 1.61. The lowest BCUT2D eigenvalue weighted by Crippen LogP contribution is -2.36. The van der Waals surface area contributed by atoms with E-state index < -0.39 is 0 Å². The summed E-state index contributed by atoms with van der Waals surface area (Å²) in [6.45, 7) is 0.668. The lowest BCUT2D eigenvalue weighted by Gasteiger charge is -2.17. The molecule has 0 unspecified atom stereocenters. The fourth-order valence-corrected chi connectivity index (χ4v) is 2.99. The molecule has 1 aliphatic carbocycles. The first-order chi connectivity index (χ1) is 10.6. The Morgan fingerprint density at radius 3 is 2.59 bits per heavy atom. The van der Waals surface area contributed by atoms with Crippen LogP contribution in [0.15, 0.2) is 57.9 Å². The molecule has 3 rings (SSSR count). The standard InChI is InChI=1S/C17H17BrN2O2/c18-14-6-7-16(22)20(10-14)11-15(21)19-12-17(8-9-17)13-4-2-1-3-5-13/h1-7,10H,8-9,11-12H2,(H,19,21). The Bertz CT molecular complexity index is 736. The summed E-state index contributed by atoms with van der Waals surface area (Å²) in [7, 11) is 0. The van der Waals surface area contributed by atoms with E-state index in [1.807, 2.05) is 18.2 Å². The third kappa shape index (κ3) is 3.30. The smallest absolute Gasteiger partial charge is 0.251 e. The fourth-order valence-electron chi connectivity index (χ4n) is 2.61. The zero-order chi connectivity index (χ0) is 15.6. The van der Waals surface area contributed by atoms with Crippen molar-refractivity contribution in [2.24, 2.45) is 0 Å². The van der Waals surface area contributed by atoms with E-state index >= 15 is 0 Å². The fraction of sp³-hybridized carbons (Fsp3) is 0.294. The zero-order valence-electron chi connectivity index (χ0n) is 12.1. The summed E-state index contributed by atoms with van der Waals surface area (Å²) < 4.78 is 2.18. The molecule has 114 valence electrons. The number of pyridine rings is 1. The Labute approximate surface area is 137 Å². The second-order valence-electron chi connectivity index (χ2n) is 5.74. The van der Waals surface area contributed by atoms with Gasteiger partial charge in [-0.2, -0.15) is 0 Å². The van der Waals surface area contributed by atoms with E-state index in [9.17, 15) is 9.59 Å². The van der Waals surface area contributed by atoms with E-state index in [1.54, 1.807) is 12.3 Å². The van der Waals surface area contributed by atoms with Crippen molar-refractivity contribution in [2.75, 3.05) is 6.54 Å². The van der Waals surface area contributed by atoms with E-state index in [1.165, 1.54) is 16.2 Å². The maximum atomic E-state index is 12.1. The molecular weight excluding hydrogens is 344 g/mol. The highest BCUT2D eigenvalue weighted by Gasteiger charge is 2.44. The molecule has 1 aromatic carbocycles. The van der Waals surface area contributed by atoms with Crippen molar-refractivity contribution in [2.45, 2.75) is 24.8 Å². The quantitative estimate of drug-likeness (QED) is 0.890. The highest BCUT2D eigenvalue weighted by atomic mass is 79.9. The van der Waals surface area contributed by atoms with Crippen molar-refractivity contribution >= 4 is 21.8 Å². The molecule has 1 saturated carbocycles. The number of carbonyl (C=O) groups excluding carboxylic acids is 1. The third-order valence-electron chi connectivity index (χ3n) is 4.12. The van der Waals surface area contributed by atoms with Crippen LogP contribution in [-0.2, 0) is 16.8 Å². The van der Waals surface area contributed by atoms with Crippen LogP contribution >= 0.6 is 15.9 Å². The molecule has 1 aliphatic rings. The van der Waals surface area contributed by atoms with E-state index in [-0.39, 0.29) is 23.4 Å². The predicted octanol–water partition coefficient (Wildman–Crippen LogP) is 2.46. The molecule has 0 bridgehead atoms. The molecule has 0 atom stereocenters. The molecule has 1 amide bonds. The molecule has 1 aromatic heterocycles. The zero-order valence-corrected chi connectivity index (χ0v) is 13.7. The van der Waals surface area contributed by atoms with Crippen LogP contribution in [0.25, 0.3) is 0 Å². The minimum Gasteiger partial charge on any atom is -0.354 e. The van der Waals surface area contributed by atoms with Crippen LogP contribution in [0, 0.1) is 0 Å². The molecule has 2 aromatic rings. The van der Waals surface area contributed by atoms with Gasteiger partial charge in [-0.05, 0) is 40.4 Å². The van der Waals surface area contributed by atoms with Crippen molar-refractivity contribution in [1.29, 1.82) is 0 Å². The molecule has 0 radical (unpaired) electrons. The summed E-state index contributed by atoms with van der Waals surface area (Å²) in [4.78, 5) is 23.8. The summed E-state index contributed by atoms with van der Waals surface area (Å²) in [6.07, 6.45) is 3.81. The number of nitrogens with one attached hydrogen (secondary N) is 1. The van der Waals surface area contributed by atoms with Crippen molar-refractivity contribution in [3.63, 3.8) is 0 Å².